The van der Waals surface area contributed by atoms with Crippen molar-refractivity contribution >= 4 is 11.6 Å². The van der Waals surface area contributed by atoms with Gasteiger partial charge in [0.2, 0.25) is 0 Å². The molecule has 1 fully saturated rings. The maximum atomic E-state index is 14.3. The fourth-order valence-corrected chi connectivity index (χ4v) is 4.43. The lowest BCUT2D eigenvalue weighted by Gasteiger charge is -2.24. The van der Waals surface area contributed by atoms with Gasteiger partial charge in [-0.05, 0) is 59.7 Å². The van der Waals surface area contributed by atoms with Crippen molar-refractivity contribution in [3.05, 3.63) is 95.2 Å². The standard InChI is InChI=1S/C30H31F3N2O5/c1-37-24-10-4-20(5-11-24)17-35-23(19-40-18-21-6-12-25(38-2)13-7-21)16-27(29(35)36)28(30(31,32)33)34-22-8-14-26(39-3)15-9-22/h4-15,23,34H,16-19H2,1-3H3/b28-27-/t23-/m0/s1. The van der Waals surface area contributed by atoms with Crippen molar-refractivity contribution in [1.29, 1.82) is 0 Å². The first-order chi connectivity index (χ1) is 19.2. The summed E-state index contributed by atoms with van der Waals surface area (Å²) in [5.41, 5.74) is 0.399. The number of amides is 1. The van der Waals surface area contributed by atoms with Crippen LogP contribution in [-0.2, 0) is 22.7 Å². The second-order valence-corrected chi connectivity index (χ2v) is 9.21. The quantitative estimate of drug-likeness (QED) is 0.294. The Morgan fingerprint density at radius 3 is 1.82 bits per heavy atom. The molecule has 10 heteroatoms. The van der Waals surface area contributed by atoms with Crippen LogP contribution in [0.25, 0.3) is 0 Å². The molecule has 1 heterocycles. The molecule has 1 atom stereocenters. The van der Waals surface area contributed by atoms with Gasteiger partial charge in [0.25, 0.3) is 5.91 Å². The lowest BCUT2D eigenvalue weighted by atomic mass is 10.1. The third kappa shape index (κ3) is 7.06. The summed E-state index contributed by atoms with van der Waals surface area (Å²) in [6.07, 6.45) is -4.91. The Bertz CT molecular complexity index is 1310. The van der Waals surface area contributed by atoms with E-state index in [2.05, 4.69) is 5.32 Å². The third-order valence-corrected chi connectivity index (χ3v) is 6.59. The van der Waals surface area contributed by atoms with Crippen molar-refractivity contribution in [3.8, 4) is 17.2 Å². The van der Waals surface area contributed by atoms with Crippen LogP contribution in [0, 0.1) is 0 Å². The molecule has 0 radical (unpaired) electrons. The fourth-order valence-electron chi connectivity index (χ4n) is 4.43. The zero-order valence-corrected chi connectivity index (χ0v) is 22.5. The number of allylic oxidation sites excluding steroid dienone is 1. The molecule has 1 N–H and O–H groups in total. The minimum Gasteiger partial charge on any atom is -0.497 e. The van der Waals surface area contributed by atoms with Crippen molar-refractivity contribution in [2.75, 3.05) is 33.3 Å². The average Bonchev–Trinajstić information content (AvgIpc) is 3.26. The summed E-state index contributed by atoms with van der Waals surface area (Å²) in [6, 6.07) is 19.8. The van der Waals surface area contributed by atoms with E-state index in [4.69, 9.17) is 18.9 Å². The van der Waals surface area contributed by atoms with Gasteiger partial charge in [-0.15, -0.1) is 0 Å². The number of carbonyl (C=O) groups excluding carboxylic acids is 1. The van der Waals surface area contributed by atoms with Gasteiger partial charge in [0.15, 0.2) is 0 Å². The van der Waals surface area contributed by atoms with E-state index in [-0.39, 0.29) is 37.4 Å². The molecule has 1 aliphatic rings. The summed E-state index contributed by atoms with van der Waals surface area (Å²) >= 11 is 0. The zero-order chi connectivity index (χ0) is 28.7. The monoisotopic (exact) mass is 556 g/mol. The normalized spacial score (nSPS) is 16.6. The van der Waals surface area contributed by atoms with E-state index < -0.39 is 23.8 Å². The average molecular weight is 557 g/mol. The number of nitrogens with one attached hydrogen (secondary N) is 1. The molecule has 7 nitrogen and oxygen atoms in total. The molecule has 1 aliphatic heterocycles. The third-order valence-electron chi connectivity index (χ3n) is 6.59. The largest absolute Gasteiger partial charge is 0.497 e. The molecular weight excluding hydrogens is 525 g/mol. The number of ether oxygens (including phenoxy) is 4. The molecule has 0 bridgehead atoms. The Morgan fingerprint density at radius 2 is 1.32 bits per heavy atom. The van der Waals surface area contributed by atoms with Crippen LogP contribution in [0.1, 0.15) is 17.5 Å². The Labute approximate surface area is 231 Å². The molecule has 3 aromatic rings. The van der Waals surface area contributed by atoms with Gasteiger partial charge < -0.3 is 29.2 Å². The predicted molar refractivity (Wildman–Crippen MR) is 144 cm³/mol. The molecule has 1 saturated heterocycles. The number of likely N-dealkylation sites (tertiary alicyclic amines) is 1. The second kappa shape index (κ2) is 12.8. The van der Waals surface area contributed by atoms with Crippen LogP contribution in [0.4, 0.5) is 18.9 Å². The number of hydrogen-bond acceptors (Lipinski definition) is 6. The summed E-state index contributed by atoms with van der Waals surface area (Å²) in [5, 5.41) is 2.44. The van der Waals surface area contributed by atoms with E-state index in [1.54, 1.807) is 62.8 Å². The summed E-state index contributed by atoms with van der Waals surface area (Å²) in [6.45, 7) is 0.419. The number of anilines is 1. The van der Waals surface area contributed by atoms with Gasteiger partial charge in [-0.2, -0.15) is 13.2 Å². The number of alkyl halides is 3. The lowest BCUT2D eigenvalue weighted by Crippen LogP contribution is -2.36. The van der Waals surface area contributed by atoms with Crippen LogP contribution < -0.4 is 19.5 Å². The molecule has 40 heavy (non-hydrogen) atoms. The van der Waals surface area contributed by atoms with E-state index in [0.717, 1.165) is 11.1 Å². The van der Waals surface area contributed by atoms with Crippen molar-refractivity contribution in [2.45, 2.75) is 31.8 Å². The Morgan fingerprint density at radius 1 is 0.825 bits per heavy atom. The lowest BCUT2D eigenvalue weighted by molar-refractivity contribution is -0.128. The van der Waals surface area contributed by atoms with Crippen molar-refractivity contribution in [3.63, 3.8) is 0 Å². The molecule has 3 aromatic carbocycles. The number of hydrogen-bond donors (Lipinski definition) is 1. The van der Waals surface area contributed by atoms with Crippen molar-refractivity contribution < 1.29 is 36.9 Å². The molecule has 212 valence electrons. The second-order valence-electron chi connectivity index (χ2n) is 9.21. The first kappa shape index (κ1) is 28.8. The predicted octanol–water partition coefficient (Wildman–Crippen LogP) is 5.96. The van der Waals surface area contributed by atoms with Crippen LogP contribution in [0.2, 0.25) is 0 Å². The topological polar surface area (TPSA) is 69.3 Å². The van der Waals surface area contributed by atoms with E-state index in [0.29, 0.717) is 17.2 Å². The zero-order valence-electron chi connectivity index (χ0n) is 22.5. The maximum Gasteiger partial charge on any atom is 0.431 e. The fraction of sp³-hybridized carbons (Fsp3) is 0.300. The van der Waals surface area contributed by atoms with E-state index in [1.165, 1.54) is 24.1 Å². The van der Waals surface area contributed by atoms with Crippen molar-refractivity contribution in [1.82, 2.24) is 4.90 Å². The van der Waals surface area contributed by atoms with Crippen LogP contribution in [0.5, 0.6) is 17.2 Å². The summed E-state index contributed by atoms with van der Waals surface area (Å²) < 4.78 is 64.3. The highest BCUT2D eigenvalue weighted by molar-refractivity contribution is 5.97. The van der Waals surface area contributed by atoms with Crippen LogP contribution in [-0.4, -0.2) is 51.0 Å². The molecule has 0 aromatic heterocycles. The van der Waals surface area contributed by atoms with E-state index >= 15 is 0 Å². The van der Waals surface area contributed by atoms with Gasteiger partial charge in [0.05, 0.1) is 40.6 Å². The minimum absolute atomic E-state index is 0.0606. The number of benzene rings is 3. The summed E-state index contributed by atoms with van der Waals surface area (Å²) in [4.78, 5) is 15.0. The van der Waals surface area contributed by atoms with Gasteiger partial charge in [0.1, 0.15) is 22.9 Å². The van der Waals surface area contributed by atoms with Crippen LogP contribution in [0.15, 0.2) is 84.1 Å². The molecule has 0 saturated carbocycles. The number of nitrogens with zero attached hydrogens (tertiary/aromatic N) is 1. The molecule has 0 spiro atoms. The van der Waals surface area contributed by atoms with Gasteiger partial charge >= 0.3 is 6.18 Å². The van der Waals surface area contributed by atoms with Gasteiger partial charge in [0, 0.05) is 24.2 Å². The Hall–Kier alpha value is -4.18. The highest BCUT2D eigenvalue weighted by atomic mass is 19.4. The number of rotatable bonds is 11. The van der Waals surface area contributed by atoms with Gasteiger partial charge in [-0.25, -0.2) is 0 Å². The molecule has 0 aliphatic carbocycles. The van der Waals surface area contributed by atoms with Gasteiger partial charge in [-0.3, -0.25) is 4.79 Å². The van der Waals surface area contributed by atoms with Crippen LogP contribution >= 0.6 is 0 Å². The first-order valence-electron chi connectivity index (χ1n) is 12.6. The summed E-state index contributed by atoms with van der Waals surface area (Å²) in [7, 11) is 4.58. The summed E-state index contributed by atoms with van der Waals surface area (Å²) in [5.74, 6) is 1.15. The highest BCUT2D eigenvalue weighted by Gasteiger charge is 2.45. The Kier molecular flexibility index (Phi) is 9.21. The molecule has 0 unspecified atom stereocenters. The molecule has 4 rings (SSSR count). The van der Waals surface area contributed by atoms with E-state index in [1.807, 2.05) is 12.1 Å². The van der Waals surface area contributed by atoms with Gasteiger partial charge in [-0.1, -0.05) is 24.3 Å². The number of carbonyl (C=O) groups is 1. The smallest absolute Gasteiger partial charge is 0.431 e. The highest BCUT2D eigenvalue weighted by Crippen LogP contribution is 2.37. The van der Waals surface area contributed by atoms with Crippen molar-refractivity contribution in [2.24, 2.45) is 0 Å². The van der Waals surface area contributed by atoms with E-state index in [9.17, 15) is 18.0 Å². The minimum atomic E-state index is -4.78. The molecular formula is C30H31F3N2O5. The number of halogens is 3. The molecule has 1 amide bonds. The number of methoxy groups -OCH3 is 3. The Balaban J connectivity index is 1.60. The van der Waals surface area contributed by atoms with Crippen LogP contribution in [0.3, 0.4) is 0 Å². The maximum absolute atomic E-state index is 14.3. The first-order valence-corrected chi connectivity index (χ1v) is 12.6. The SMILES string of the molecule is COc1ccc(COC[C@@H]2C/C(=C(/Nc3ccc(OC)cc3)C(F)(F)F)C(=O)N2Cc2ccc(OC)cc2)cc1.